The Kier molecular flexibility index (Phi) is 4.31. The molecule has 0 bridgehead atoms. The second kappa shape index (κ2) is 5.81. The Balaban J connectivity index is 1.89. The highest BCUT2D eigenvalue weighted by Crippen LogP contribution is 2.21. The van der Waals surface area contributed by atoms with E-state index in [-0.39, 0.29) is 17.1 Å². The second-order valence-electron chi connectivity index (χ2n) is 6.58. The van der Waals surface area contributed by atoms with Crippen LogP contribution < -0.4 is 4.90 Å². The number of piperazine rings is 1. The van der Waals surface area contributed by atoms with Crippen molar-refractivity contribution in [1.29, 1.82) is 0 Å². The van der Waals surface area contributed by atoms with Gasteiger partial charge in [-0.15, -0.1) is 0 Å². The lowest BCUT2D eigenvalue weighted by Crippen LogP contribution is -2.49. The molecule has 20 heavy (non-hydrogen) atoms. The molecule has 110 valence electrons. The minimum absolute atomic E-state index is 0.0329. The highest BCUT2D eigenvalue weighted by molar-refractivity contribution is 5.77. The molecule has 0 atom stereocenters. The summed E-state index contributed by atoms with van der Waals surface area (Å²) in [5, 5.41) is 0. The van der Waals surface area contributed by atoms with Crippen LogP contribution >= 0.6 is 0 Å². The van der Waals surface area contributed by atoms with E-state index in [4.69, 9.17) is 0 Å². The summed E-state index contributed by atoms with van der Waals surface area (Å²) in [7, 11) is 0. The fourth-order valence-corrected chi connectivity index (χ4v) is 2.43. The number of carbonyl (C=O) groups is 1. The van der Waals surface area contributed by atoms with E-state index in [0.717, 1.165) is 31.9 Å². The number of benzene rings is 1. The Labute approximate surface area is 120 Å². The lowest BCUT2D eigenvalue weighted by molar-refractivity contribution is -0.133. The van der Waals surface area contributed by atoms with E-state index in [0.29, 0.717) is 6.42 Å². The molecule has 1 saturated heterocycles. The average Bonchev–Trinajstić information content (AvgIpc) is 2.38. The number of hydrogen-bond acceptors (Lipinski definition) is 2. The van der Waals surface area contributed by atoms with Gasteiger partial charge in [-0.05, 0) is 29.7 Å². The van der Waals surface area contributed by atoms with Gasteiger partial charge in [0.1, 0.15) is 5.82 Å². The zero-order chi connectivity index (χ0) is 14.8. The Hall–Kier alpha value is -1.58. The molecule has 4 heteroatoms. The van der Waals surface area contributed by atoms with Gasteiger partial charge < -0.3 is 9.80 Å². The Bertz CT molecular complexity index is 456. The van der Waals surface area contributed by atoms with Crippen LogP contribution in [0.2, 0.25) is 0 Å². The lowest BCUT2D eigenvalue weighted by Gasteiger charge is -2.37. The fraction of sp³-hybridized carbons (Fsp3) is 0.562. The zero-order valence-corrected chi connectivity index (χ0v) is 12.5. The predicted molar refractivity (Wildman–Crippen MR) is 79.3 cm³/mol. The van der Waals surface area contributed by atoms with Crippen molar-refractivity contribution in [2.45, 2.75) is 27.2 Å². The average molecular weight is 278 g/mol. The molecule has 1 aromatic carbocycles. The first-order chi connectivity index (χ1) is 9.35. The SMILES string of the molecule is CC(C)(C)CC(=O)N1CCN(c2ccc(F)cc2)CC1. The summed E-state index contributed by atoms with van der Waals surface area (Å²) >= 11 is 0. The fourth-order valence-electron chi connectivity index (χ4n) is 2.43. The first kappa shape index (κ1) is 14.8. The van der Waals surface area contributed by atoms with Gasteiger partial charge in [0.05, 0.1) is 0 Å². The van der Waals surface area contributed by atoms with Crippen molar-refractivity contribution in [1.82, 2.24) is 4.90 Å². The molecule has 0 unspecified atom stereocenters. The van der Waals surface area contributed by atoms with Crippen molar-refractivity contribution < 1.29 is 9.18 Å². The third-order valence-electron chi connectivity index (χ3n) is 3.51. The van der Waals surface area contributed by atoms with E-state index >= 15 is 0 Å². The van der Waals surface area contributed by atoms with Crippen LogP contribution in [0.1, 0.15) is 27.2 Å². The van der Waals surface area contributed by atoms with E-state index in [1.807, 2.05) is 4.90 Å². The van der Waals surface area contributed by atoms with Crippen molar-refractivity contribution in [3.63, 3.8) is 0 Å². The first-order valence-electron chi connectivity index (χ1n) is 7.13. The number of carbonyl (C=O) groups excluding carboxylic acids is 1. The summed E-state index contributed by atoms with van der Waals surface area (Å²) in [6, 6.07) is 6.54. The van der Waals surface area contributed by atoms with Gasteiger partial charge in [0.25, 0.3) is 0 Å². The maximum Gasteiger partial charge on any atom is 0.223 e. The van der Waals surface area contributed by atoms with Gasteiger partial charge in [-0.3, -0.25) is 4.79 Å². The molecular formula is C16H23FN2O. The number of amides is 1. The molecule has 3 nitrogen and oxygen atoms in total. The second-order valence-corrected chi connectivity index (χ2v) is 6.58. The van der Waals surface area contributed by atoms with Crippen LogP contribution in [0.4, 0.5) is 10.1 Å². The van der Waals surface area contributed by atoms with Crippen LogP contribution in [0.3, 0.4) is 0 Å². The van der Waals surface area contributed by atoms with Gasteiger partial charge in [-0.2, -0.15) is 0 Å². The van der Waals surface area contributed by atoms with Crippen molar-refractivity contribution in [3.05, 3.63) is 30.1 Å². The Morgan fingerprint density at radius 2 is 1.65 bits per heavy atom. The summed E-state index contributed by atoms with van der Waals surface area (Å²) in [5.41, 5.74) is 1.06. The Morgan fingerprint density at radius 1 is 1.10 bits per heavy atom. The summed E-state index contributed by atoms with van der Waals surface area (Å²) in [6.07, 6.45) is 0.587. The third-order valence-corrected chi connectivity index (χ3v) is 3.51. The molecule has 0 N–H and O–H groups in total. The molecule has 0 radical (unpaired) electrons. The molecule has 0 aliphatic carbocycles. The number of anilines is 1. The van der Waals surface area contributed by atoms with E-state index in [1.54, 1.807) is 12.1 Å². The molecule has 0 spiro atoms. The predicted octanol–water partition coefficient (Wildman–Crippen LogP) is 2.91. The molecule has 1 amide bonds. The van der Waals surface area contributed by atoms with E-state index in [1.165, 1.54) is 12.1 Å². The maximum atomic E-state index is 12.9. The van der Waals surface area contributed by atoms with Gasteiger partial charge >= 0.3 is 0 Å². The first-order valence-corrected chi connectivity index (χ1v) is 7.13. The summed E-state index contributed by atoms with van der Waals surface area (Å²) in [5.74, 6) is 0.0176. The van der Waals surface area contributed by atoms with Crippen LogP contribution in [0.25, 0.3) is 0 Å². The van der Waals surface area contributed by atoms with Crippen molar-refractivity contribution in [2.24, 2.45) is 5.41 Å². The van der Waals surface area contributed by atoms with Gasteiger partial charge in [0.2, 0.25) is 5.91 Å². The molecule has 1 aliphatic rings. The summed E-state index contributed by atoms with van der Waals surface area (Å²) < 4.78 is 12.9. The molecule has 1 heterocycles. The summed E-state index contributed by atoms with van der Waals surface area (Å²) in [6.45, 7) is 9.35. The number of hydrogen-bond donors (Lipinski definition) is 0. The number of nitrogens with zero attached hydrogens (tertiary/aromatic N) is 2. The van der Waals surface area contributed by atoms with Crippen LogP contribution in [0.5, 0.6) is 0 Å². The van der Waals surface area contributed by atoms with Crippen LogP contribution in [0.15, 0.2) is 24.3 Å². The van der Waals surface area contributed by atoms with E-state index in [2.05, 4.69) is 25.7 Å². The van der Waals surface area contributed by atoms with E-state index < -0.39 is 0 Å². The summed E-state index contributed by atoms with van der Waals surface area (Å²) in [4.78, 5) is 16.3. The minimum Gasteiger partial charge on any atom is -0.368 e. The van der Waals surface area contributed by atoms with Crippen molar-refractivity contribution >= 4 is 11.6 Å². The van der Waals surface area contributed by atoms with Crippen LogP contribution in [-0.2, 0) is 4.79 Å². The van der Waals surface area contributed by atoms with Crippen molar-refractivity contribution in [3.8, 4) is 0 Å². The smallest absolute Gasteiger partial charge is 0.223 e. The van der Waals surface area contributed by atoms with Crippen molar-refractivity contribution in [2.75, 3.05) is 31.1 Å². The maximum absolute atomic E-state index is 12.9. The normalized spacial score (nSPS) is 16.4. The molecule has 0 saturated carbocycles. The van der Waals surface area contributed by atoms with E-state index in [9.17, 15) is 9.18 Å². The topological polar surface area (TPSA) is 23.6 Å². The van der Waals surface area contributed by atoms with Gasteiger partial charge in [-0.25, -0.2) is 4.39 Å². The monoisotopic (exact) mass is 278 g/mol. The van der Waals surface area contributed by atoms with Gasteiger partial charge in [-0.1, -0.05) is 20.8 Å². The third kappa shape index (κ3) is 3.95. The number of halogens is 1. The molecule has 1 aliphatic heterocycles. The zero-order valence-electron chi connectivity index (χ0n) is 12.5. The standard InChI is InChI=1S/C16H23FN2O/c1-16(2,3)12-15(20)19-10-8-18(9-11-19)14-6-4-13(17)5-7-14/h4-7H,8-12H2,1-3H3. The quantitative estimate of drug-likeness (QED) is 0.830. The van der Waals surface area contributed by atoms with Gasteiger partial charge in [0.15, 0.2) is 0 Å². The molecule has 1 aromatic rings. The highest BCUT2D eigenvalue weighted by atomic mass is 19.1. The highest BCUT2D eigenvalue weighted by Gasteiger charge is 2.24. The molecule has 2 rings (SSSR count). The molecule has 1 fully saturated rings. The van der Waals surface area contributed by atoms with Crippen LogP contribution in [0, 0.1) is 11.2 Å². The lowest BCUT2D eigenvalue weighted by atomic mass is 9.91. The molecular weight excluding hydrogens is 255 g/mol. The van der Waals surface area contributed by atoms with Crippen LogP contribution in [-0.4, -0.2) is 37.0 Å². The minimum atomic E-state index is -0.215. The largest absolute Gasteiger partial charge is 0.368 e. The number of rotatable bonds is 2. The van der Waals surface area contributed by atoms with Gasteiger partial charge in [0, 0.05) is 38.3 Å². The molecule has 0 aromatic heterocycles. The Morgan fingerprint density at radius 3 is 2.15 bits per heavy atom.